The zero-order valence-electron chi connectivity index (χ0n) is 5.70. The predicted molar refractivity (Wildman–Crippen MR) is 47.2 cm³/mol. The molecule has 0 aliphatic heterocycles. The first kappa shape index (κ1) is 6.61. The highest BCUT2D eigenvalue weighted by Gasteiger charge is 1.99. The SMILES string of the molecule is Oc1ccc2[nH]cc(S)c2c1. The van der Waals surface area contributed by atoms with Gasteiger partial charge in [-0.2, -0.15) is 0 Å². The molecule has 11 heavy (non-hydrogen) atoms. The average Bonchev–Trinajstić information content (AvgIpc) is 2.33. The Kier molecular flexibility index (Phi) is 1.32. The minimum Gasteiger partial charge on any atom is -0.508 e. The van der Waals surface area contributed by atoms with Gasteiger partial charge in [-0.05, 0) is 18.2 Å². The molecule has 3 heteroatoms. The van der Waals surface area contributed by atoms with Crippen molar-refractivity contribution in [2.75, 3.05) is 0 Å². The maximum Gasteiger partial charge on any atom is 0.116 e. The number of aromatic nitrogens is 1. The van der Waals surface area contributed by atoms with E-state index in [9.17, 15) is 0 Å². The van der Waals surface area contributed by atoms with Crippen molar-refractivity contribution >= 4 is 23.5 Å². The molecular weight excluding hydrogens is 158 g/mol. The van der Waals surface area contributed by atoms with Gasteiger partial charge in [0.15, 0.2) is 0 Å². The lowest BCUT2D eigenvalue weighted by atomic mass is 10.2. The van der Waals surface area contributed by atoms with Crippen molar-refractivity contribution in [1.29, 1.82) is 0 Å². The van der Waals surface area contributed by atoms with Crippen molar-refractivity contribution in [2.24, 2.45) is 0 Å². The largest absolute Gasteiger partial charge is 0.508 e. The summed E-state index contributed by atoms with van der Waals surface area (Å²) in [5, 5.41) is 10.1. The normalized spacial score (nSPS) is 10.6. The summed E-state index contributed by atoms with van der Waals surface area (Å²) in [5.41, 5.74) is 0.993. The van der Waals surface area contributed by atoms with Gasteiger partial charge in [0.05, 0.1) is 0 Å². The molecule has 2 rings (SSSR count). The van der Waals surface area contributed by atoms with Crippen LogP contribution < -0.4 is 0 Å². The highest BCUT2D eigenvalue weighted by Crippen LogP contribution is 2.24. The maximum absolute atomic E-state index is 9.13. The maximum atomic E-state index is 9.13. The number of H-pyrrole nitrogens is 1. The summed E-state index contributed by atoms with van der Waals surface area (Å²) in [6, 6.07) is 5.16. The summed E-state index contributed by atoms with van der Waals surface area (Å²) in [6.45, 7) is 0. The van der Waals surface area contributed by atoms with E-state index in [0.29, 0.717) is 0 Å². The Morgan fingerprint density at radius 3 is 3.00 bits per heavy atom. The summed E-state index contributed by atoms with van der Waals surface area (Å²) in [5.74, 6) is 0.271. The monoisotopic (exact) mass is 165 g/mol. The third kappa shape index (κ3) is 0.973. The second kappa shape index (κ2) is 2.20. The number of phenols is 1. The molecule has 1 aromatic heterocycles. The van der Waals surface area contributed by atoms with Crippen LogP contribution in [-0.2, 0) is 0 Å². The minimum absolute atomic E-state index is 0.271. The van der Waals surface area contributed by atoms with Crippen LogP contribution >= 0.6 is 12.6 Å². The van der Waals surface area contributed by atoms with Crippen molar-refractivity contribution in [3.8, 4) is 5.75 Å². The molecule has 0 saturated carbocycles. The quantitative estimate of drug-likeness (QED) is 0.514. The molecule has 0 atom stereocenters. The van der Waals surface area contributed by atoms with Crippen molar-refractivity contribution < 1.29 is 5.11 Å². The van der Waals surface area contributed by atoms with E-state index in [4.69, 9.17) is 5.11 Å². The molecule has 0 fully saturated rings. The molecule has 2 aromatic rings. The molecule has 0 radical (unpaired) electrons. The van der Waals surface area contributed by atoms with E-state index in [0.717, 1.165) is 15.8 Å². The highest BCUT2D eigenvalue weighted by molar-refractivity contribution is 7.80. The second-order valence-corrected chi connectivity index (χ2v) is 2.89. The number of fused-ring (bicyclic) bond motifs is 1. The van der Waals surface area contributed by atoms with Crippen LogP contribution in [0, 0.1) is 0 Å². The topological polar surface area (TPSA) is 36.0 Å². The fourth-order valence-electron chi connectivity index (χ4n) is 1.09. The third-order valence-electron chi connectivity index (χ3n) is 1.64. The Morgan fingerprint density at radius 1 is 1.36 bits per heavy atom. The molecular formula is C8H7NOS. The van der Waals surface area contributed by atoms with Crippen LogP contribution in [0.2, 0.25) is 0 Å². The Morgan fingerprint density at radius 2 is 2.18 bits per heavy atom. The van der Waals surface area contributed by atoms with Crippen LogP contribution in [0.5, 0.6) is 5.75 Å². The highest BCUT2D eigenvalue weighted by atomic mass is 32.1. The van der Waals surface area contributed by atoms with Crippen molar-refractivity contribution in [2.45, 2.75) is 4.90 Å². The van der Waals surface area contributed by atoms with Crippen molar-refractivity contribution in [3.63, 3.8) is 0 Å². The molecule has 0 saturated heterocycles. The first-order valence-electron chi connectivity index (χ1n) is 3.26. The molecule has 0 bridgehead atoms. The number of hydrogen-bond donors (Lipinski definition) is 3. The van der Waals surface area contributed by atoms with Crippen molar-refractivity contribution in [1.82, 2.24) is 4.98 Å². The van der Waals surface area contributed by atoms with E-state index >= 15 is 0 Å². The molecule has 0 amide bonds. The molecule has 0 spiro atoms. The van der Waals surface area contributed by atoms with Gasteiger partial charge < -0.3 is 10.1 Å². The molecule has 2 nitrogen and oxygen atoms in total. The van der Waals surface area contributed by atoms with Gasteiger partial charge in [-0.25, -0.2) is 0 Å². The number of rotatable bonds is 0. The lowest BCUT2D eigenvalue weighted by Crippen LogP contribution is -1.66. The zero-order chi connectivity index (χ0) is 7.84. The number of aromatic amines is 1. The smallest absolute Gasteiger partial charge is 0.116 e. The Labute approximate surface area is 69.3 Å². The van der Waals surface area contributed by atoms with Crippen molar-refractivity contribution in [3.05, 3.63) is 24.4 Å². The van der Waals surface area contributed by atoms with Gasteiger partial charge in [-0.1, -0.05) is 0 Å². The van der Waals surface area contributed by atoms with E-state index in [-0.39, 0.29) is 5.75 Å². The number of thiol groups is 1. The Hall–Kier alpha value is -1.09. The number of benzene rings is 1. The summed E-state index contributed by atoms with van der Waals surface area (Å²) >= 11 is 4.21. The fraction of sp³-hybridized carbons (Fsp3) is 0. The van der Waals surface area contributed by atoms with Gasteiger partial charge in [0.25, 0.3) is 0 Å². The van der Waals surface area contributed by atoms with Gasteiger partial charge in [0.1, 0.15) is 5.75 Å². The van der Waals surface area contributed by atoms with Gasteiger partial charge in [-0.15, -0.1) is 12.6 Å². The van der Waals surface area contributed by atoms with Gasteiger partial charge in [-0.3, -0.25) is 0 Å². The van der Waals surface area contributed by atoms with Crippen LogP contribution in [0.15, 0.2) is 29.3 Å². The van der Waals surface area contributed by atoms with Crippen LogP contribution in [0.1, 0.15) is 0 Å². The van der Waals surface area contributed by atoms with Crippen LogP contribution in [0.4, 0.5) is 0 Å². The average molecular weight is 165 g/mol. The molecule has 0 unspecified atom stereocenters. The van der Waals surface area contributed by atoms with Gasteiger partial charge in [0.2, 0.25) is 0 Å². The second-order valence-electron chi connectivity index (χ2n) is 2.40. The number of hydrogen-bond acceptors (Lipinski definition) is 2. The van der Waals surface area contributed by atoms with Crippen LogP contribution in [0.25, 0.3) is 10.9 Å². The van der Waals surface area contributed by atoms with Gasteiger partial charge in [0, 0.05) is 22.0 Å². The number of phenolic OH excluding ortho intramolecular Hbond substituents is 1. The molecule has 0 aliphatic rings. The predicted octanol–water partition coefficient (Wildman–Crippen LogP) is 2.16. The lowest BCUT2D eigenvalue weighted by Gasteiger charge is -1.91. The standard InChI is InChI=1S/C8H7NOS/c10-5-1-2-7-6(3-5)8(11)4-9-7/h1-4,9-11H. The summed E-state index contributed by atoms with van der Waals surface area (Å²) in [6.07, 6.45) is 1.80. The van der Waals surface area contributed by atoms with E-state index < -0.39 is 0 Å². The van der Waals surface area contributed by atoms with Crippen LogP contribution in [-0.4, -0.2) is 10.1 Å². The summed E-state index contributed by atoms with van der Waals surface area (Å²) in [7, 11) is 0. The van der Waals surface area contributed by atoms with Gasteiger partial charge >= 0.3 is 0 Å². The van der Waals surface area contributed by atoms with E-state index in [1.54, 1.807) is 18.3 Å². The molecule has 1 heterocycles. The number of aromatic hydroxyl groups is 1. The zero-order valence-corrected chi connectivity index (χ0v) is 6.60. The van der Waals surface area contributed by atoms with E-state index in [1.807, 2.05) is 6.07 Å². The molecule has 1 aromatic carbocycles. The molecule has 56 valence electrons. The first-order valence-corrected chi connectivity index (χ1v) is 3.71. The van der Waals surface area contributed by atoms with Crippen LogP contribution in [0.3, 0.4) is 0 Å². The minimum atomic E-state index is 0.271. The third-order valence-corrected chi connectivity index (χ3v) is 2.01. The number of nitrogens with one attached hydrogen (secondary N) is 1. The Balaban J connectivity index is 2.87. The molecule has 0 aliphatic carbocycles. The molecule has 2 N–H and O–H groups in total. The Bertz CT molecular complexity index is 394. The first-order chi connectivity index (χ1) is 5.27. The van der Waals surface area contributed by atoms with E-state index in [1.165, 1.54) is 0 Å². The summed E-state index contributed by atoms with van der Waals surface area (Å²) in [4.78, 5) is 3.88. The summed E-state index contributed by atoms with van der Waals surface area (Å²) < 4.78 is 0. The lowest BCUT2D eigenvalue weighted by molar-refractivity contribution is 0.476. The fourth-order valence-corrected chi connectivity index (χ4v) is 1.34. The van der Waals surface area contributed by atoms with E-state index in [2.05, 4.69) is 17.6 Å².